The summed E-state index contributed by atoms with van der Waals surface area (Å²) in [6.45, 7) is 1.83. The fourth-order valence-corrected chi connectivity index (χ4v) is 2.19. The van der Waals surface area contributed by atoms with Crippen LogP contribution in [0.25, 0.3) is 0 Å². The number of amides is 3. The molecule has 1 heterocycles. The summed E-state index contributed by atoms with van der Waals surface area (Å²) in [4.78, 5) is 36.8. The molecule has 1 fully saturated rings. The number of aliphatic hydroxyl groups is 1. The highest BCUT2D eigenvalue weighted by molar-refractivity contribution is 6.01. The number of carbonyl (C=O) groups is 3. The van der Waals surface area contributed by atoms with E-state index in [4.69, 9.17) is 0 Å². The van der Waals surface area contributed by atoms with Gasteiger partial charge in [-0.05, 0) is 19.3 Å². The molecule has 6 nitrogen and oxygen atoms in total. The Labute approximate surface area is 113 Å². The van der Waals surface area contributed by atoms with Gasteiger partial charge in [0.1, 0.15) is 0 Å². The Hall–Kier alpha value is -1.43. The number of rotatable bonds is 7. The second-order valence-corrected chi connectivity index (χ2v) is 4.90. The summed E-state index contributed by atoms with van der Waals surface area (Å²) in [5.41, 5.74) is 0. The van der Waals surface area contributed by atoms with Gasteiger partial charge in [0.05, 0.1) is 12.6 Å². The van der Waals surface area contributed by atoms with E-state index in [1.54, 1.807) is 7.05 Å². The number of hydrogen-bond donors (Lipinski definition) is 1. The lowest BCUT2D eigenvalue weighted by Crippen LogP contribution is -2.38. The minimum atomic E-state index is -0.192. The molecule has 0 aromatic rings. The van der Waals surface area contributed by atoms with Crippen LogP contribution in [-0.4, -0.2) is 58.9 Å². The van der Waals surface area contributed by atoms with Gasteiger partial charge in [0.2, 0.25) is 17.7 Å². The lowest BCUT2D eigenvalue weighted by molar-refractivity contribution is -0.138. The van der Waals surface area contributed by atoms with Crippen LogP contribution in [0.1, 0.15) is 39.0 Å². The van der Waals surface area contributed by atoms with Crippen molar-refractivity contribution in [1.29, 1.82) is 0 Å². The Bertz CT molecular complexity index is 341. The van der Waals surface area contributed by atoms with E-state index < -0.39 is 0 Å². The van der Waals surface area contributed by atoms with Gasteiger partial charge in [-0.3, -0.25) is 19.3 Å². The minimum Gasteiger partial charge on any atom is -0.394 e. The molecular formula is C13H22N2O4. The quantitative estimate of drug-likeness (QED) is 0.527. The van der Waals surface area contributed by atoms with E-state index in [1.165, 1.54) is 16.7 Å². The summed E-state index contributed by atoms with van der Waals surface area (Å²) in [6, 6.07) is -0.192. The Morgan fingerprint density at radius 2 is 1.89 bits per heavy atom. The molecule has 19 heavy (non-hydrogen) atoms. The van der Waals surface area contributed by atoms with Crippen LogP contribution in [0.3, 0.4) is 0 Å². The summed E-state index contributed by atoms with van der Waals surface area (Å²) < 4.78 is 0. The van der Waals surface area contributed by atoms with E-state index in [-0.39, 0.29) is 30.4 Å². The van der Waals surface area contributed by atoms with Crippen molar-refractivity contribution in [1.82, 2.24) is 9.80 Å². The predicted molar refractivity (Wildman–Crippen MR) is 69.1 cm³/mol. The third-order valence-electron chi connectivity index (χ3n) is 3.58. The average molecular weight is 270 g/mol. The monoisotopic (exact) mass is 270 g/mol. The molecule has 108 valence electrons. The number of carbonyl (C=O) groups excluding carboxylic acids is 3. The second kappa shape index (κ2) is 7.23. The molecule has 1 aliphatic heterocycles. The van der Waals surface area contributed by atoms with Gasteiger partial charge in [-0.1, -0.05) is 0 Å². The van der Waals surface area contributed by atoms with Gasteiger partial charge >= 0.3 is 0 Å². The lowest BCUT2D eigenvalue weighted by atomic mass is 10.1. The first-order valence-electron chi connectivity index (χ1n) is 6.64. The van der Waals surface area contributed by atoms with E-state index in [1.807, 2.05) is 0 Å². The van der Waals surface area contributed by atoms with Crippen LogP contribution >= 0.6 is 0 Å². The number of hydrogen-bond acceptors (Lipinski definition) is 4. The molecule has 0 aromatic carbocycles. The molecule has 0 bridgehead atoms. The summed E-state index contributed by atoms with van der Waals surface area (Å²) in [6.07, 6.45) is 2.79. The first-order chi connectivity index (χ1) is 8.97. The Morgan fingerprint density at radius 3 is 2.37 bits per heavy atom. The van der Waals surface area contributed by atoms with Crippen LogP contribution in [0.15, 0.2) is 0 Å². The molecule has 1 saturated heterocycles. The summed E-state index contributed by atoms with van der Waals surface area (Å²) in [7, 11) is 1.66. The van der Waals surface area contributed by atoms with Gasteiger partial charge < -0.3 is 10.0 Å². The molecule has 3 amide bonds. The first-order valence-corrected chi connectivity index (χ1v) is 6.64. The maximum Gasteiger partial charge on any atom is 0.229 e. The van der Waals surface area contributed by atoms with Crippen molar-refractivity contribution >= 4 is 17.7 Å². The average Bonchev–Trinajstić information content (AvgIpc) is 2.69. The van der Waals surface area contributed by atoms with Gasteiger partial charge in [0.15, 0.2) is 0 Å². The zero-order valence-electron chi connectivity index (χ0n) is 11.6. The van der Waals surface area contributed by atoms with Crippen LogP contribution in [0.4, 0.5) is 0 Å². The smallest absolute Gasteiger partial charge is 0.229 e. The first kappa shape index (κ1) is 15.6. The molecular weight excluding hydrogens is 248 g/mol. The molecule has 0 radical (unpaired) electrons. The number of aliphatic hydroxyl groups excluding tert-OH is 1. The van der Waals surface area contributed by atoms with E-state index in [0.717, 1.165) is 6.42 Å². The molecule has 1 unspecified atom stereocenters. The van der Waals surface area contributed by atoms with Crippen LogP contribution in [0.2, 0.25) is 0 Å². The van der Waals surface area contributed by atoms with Gasteiger partial charge in [-0.2, -0.15) is 0 Å². The third-order valence-corrected chi connectivity index (χ3v) is 3.58. The molecule has 1 rings (SSSR count). The van der Waals surface area contributed by atoms with Crippen LogP contribution in [0, 0.1) is 0 Å². The number of likely N-dealkylation sites (N-methyl/N-ethyl adjacent to an activating group) is 1. The predicted octanol–water partition coefficient (Wildman–Crippen LogP) is 0.145. The van der Waals surface area contributed by atoms with Gasteiger partial charge in [0, 0.05) is 33.4 Å². The minimum absolute atomic E-state index is 0.0718. The molecule has 1 aliphatic rings. The van der Waals surface area contributed by atoms with Crippen molar-refractivity contribution in [3.8, 4) is 0 Å². The normalized spacial score (nSPS) is 16.9. The highest BCUT2D eigenvalue weighted by atomic mass is 16.3. The van der Waals surface area contributed by atoms with Crippen molar-refractivity contribution in [3.63, 3.8) is 0 Å². The van der Waals surface area contributed by atoms with Crippen LogP contribution < -0.4 is 0 Å². The van der Waals surface area contributed by atoms with Gasteiger partial charge in [-0.15, -0.1) is 0 Å². The topological polar surface area (TPSA) is 77.9 Å². The molecule has 1 atom stereocenters. The lowest BCUT2D eigenvalue weighted by Gasteiger charge is -2.25. The maximum absolute atomic E-state index is 11.4. The van der Waals surface area contributed by atoms with Crippen molar-refractivity contribution in [2.45, 2.75) is 45.1 Å². The number of nitrogens with zero attached hydrogens (tertiary/aromatic N) is 2. The zero-order chi connectivity index (χ0) is 14.4. The largest absolute Gasteiger partial charge is 0.394 e. The van der Waals surface area contributed by atoms with Gasteiger partial charge in [-0.25, -0.2) is 0 Å². The Morgan fingerprint density at radius 1 is 1.32 bits per heavy atom. The van der Waals surface area contributed by atoms with E-state index in [2.05, 4.69) is 0 Å². The van der Waals surface area contributed by atoms with Crippen molar-refractivity contribution in [3.05, 3.63) is 0 Å². The number of likely N-dealkylation sites (tertiary alicyclic amines) is 1. The Kier molecular flexibility index (Phi) is 5.95. The van der Waals surface area contributed by atoms with Crippen molar-refractivity contribution in [2.75, 3.05) is 20.2 Å². The van der Waals surface area contributed by atoms with Crippen molar-refractivity contribution in [2.24, 2.45) is 0 Å². The van der Waals surface area contributed by atoms with E-state index in [9.17, 15) is 19.5 Å². The van der Waals surface area contributed by atoms with Gasteiger partial charge in [0.25, 0.3) is 0 Å². The molecule has 0 spiro atoms. The standard InChI is InChI=1S/C13H22N2O4/c1-10(17)14(2)11(9-16)5-3-4-8-15-12(18)6-7-13(15)19/h11,16H,3-9H2,1-2H3. The highest BCUT2D eigenvalue weighted by Crippen LogP contribution is 2.14. The SMILES string of the molecule is CC(=O)N(C)C(CO)CCCCN1C(=O)CCC1=O. The molecule has 0 saturated carbocycles. The maximum atomic E-state index is 11.4. The fraction of sp³-hybridized carbons (Fsp3) is 0.769. The number of unbranched alkanes of at least 4 members (excludes halogenated alkanes) is 1. The highest BCUT2D eigenvalue weighted by Gasteiger charge is 2.28. The second-order valence-electron chi connectivity index (χ2n) is 4.90. The third kappa shape index (κ3) is 4.31. The molecule has 6 heteroatoms. The van der Waals surface area contributed by atoms with Crippen molar-refractivity contribution < 1.29 is 19.5 Å². The van der Waals surface area contributed by atoms with Crippen LogP contribution in [-0.2, 0) is 14.4 Å². The summed E-state index contributed by atoms with van der Waals surface area (Å²) in [5.74, 6) is -0.266. The molecule has 0 aromatic heterocycles. The molecule has 0 aliphatic carbocycles. The zero-order valence-corrected chi connectivity index (χ0v) is 11.6. The fourth-order valence-electron chi connectivity index (χ4n) is 2.19. The van der Waals surface area contributed by atoms with E-state index >= 15 is 0 Å². The van der Waals surface area contributed by atoms with E-state index in [0.29, 0.717) is 32.2 Å². The van der Waals surface area contributed by atoms with Crippen LogP contribution in [0.5, 0.6) is 0 Å². The summed E-state index contributed by atoms with van der Waals surface area (Å²) in [5, 5.41) is 9.23. The number of imide groups is 1. The summed E-state index contributed by atoms with van der Waals surface area (Å²) >= 11 is 0. The molecule has 1 N–H and O–H groups in total. The Balaban J connectivity index is 2.27.